The molecule has 0 radical (unpaired) electrons. The molecule has 0 atom stereocenters. The number of amides is 2. The van der Waals surface area contributed by atoms with Crippen molar-refractivity contribution in [1.82, 2.24) is 15.3 Å². The van der Waals surface area contributed by atoms with Crippen LogP contribution in [-0.2, 0) is 6.42 Å². The first kappa shape index (κ1) is 23.4. The molecule has 4 rings (SSSR count). The maximum absolute atomic E-state index is 12.9. The lowest BCUT2D eigenvalue weighted by molar-refractivity contribution is -0.385. The van der Waals surface area contributed by atoms with Gasteiger partial charge in [-0.3, -0.25) is 10.1 Å². The van der Waals surface area contributed by atoms with Gasteiger partial charge in [-0.1, -0.05) is 12.1 Å². The SMILES string of the molecule is COc1cc2ncnc(Oc3ccc(NC(=O)NCCc4ccc(F)cc4)cc3)c2cc1[N+](=O)[O-]. The van der Waals surface area contributed by atoms with Crippen LogP contribution in [0.25, 0.3) is 10.9 Å². The number of urea groups is 1. The second kappa shape index (κ2) is 10.4. The molecule has 0 saturated carbocycles. The number of nitro benzene ring substituents is 1. The highest BCUT2D eigenvalue weighted by atomic mass is 19.1. The number of nitrogens with zero attached hydrogens (tertiary/aromatic N) is 3. The summed E-state index contributed by atoms with van der Waals surface area (Å²) in [6, 6.07) is 15.0. The molecule has 0 saturated heterocycles. The largest absolute Gasteiger partial charge is 0.490 e. The van der Waals surface area contributed by atoms with E-state index in [-0.39, 0.29) is 29.2 Å². The molecule has 2 N–H and O–H groups in total. The lowest BCUT2D eigenvalue weighted by Crippen LogP contribution is -2.30. The fourth-order valence-electron chi connectivity index (χ4n) is 3.30. The predicted molar refractivity (Wildman–Crippen MR) is 126 cm³/mol. The van der Waals surface area contributed by atoms with E-state index < -0.39 is 4.92 Å². The number of fused-ring (bicyclic) bond motifs is 1. The molecule has 1 aromatic heterocycles. The van der Waals surface area contributed by atoms with Crippen molar-refractivity contribution in [3.05, 3.63) is 88.5 Å². The van der Waals surface area contributed by atoms with Crippen molar-refractivity contribution in [3.8, 4) is 17.4 Å². The van der Waals surface area contributed by atoms with Crippen LogP contribution in [0, 0.1) is 15.9 Å². The number of carbonyl (C=O) groups excluding carboxylic acids is 1. The first-order valence-electron chi connectivity index (χ1n) is 10.5. The van der Waals surface area contributed by atoms with Crippen LogP contribution in [0.2, 0.25) is 0 Å². The molecule has 2 amide bonds. The van der Waals surface area contributed by atoms with E-state index in [0.717, 1.165) is 5.56 Å². The summed E-state index contributed by atoms with van der Waals surface area (Å²) in [6.07, 6.45) is 1.85. The van der Waals surface area contributed by atoms with Gasteiger partial charge in [0.25, 0.3) is 0 Å². The van der Waals surface area contributed by atoms with Gasteiger partial charge in [0.1, 0.15) is 17.9 Å². The van der Waals surface area contributed by atoms with Gasteiger partial charge < -0.3 is 20.1 Å². The first-order valence-corrected chi connectivity index (χ1v) is 10.5. The third-order valence-electron chi connectivity index (χ3n) is 5.04. The summed E-state index contributed by atoms with van der Waals surface area (Å²) in [5.41, 5.74) is 1.64. The van der Waals surface area contributed by atoms with Gasteiger partial charge in [-0.15, -0.1) is 0 Å². The van der Waals surface area contributed by atoms with Crippen molar-refractivity contribution >= 4 is 28.3 Å². The third-order valence-corrected chi connectivity index (χ3v) is 5.04. The van der Waals surface area contributed by atoms with Crippen molar-refractivity contribution in [1.29, 1.82) is 0 Å². The van der Waals surface area contributed by atoms with Gasteiger partial charge in [-0.05, 0) is 48.4 Å². The Balaban J connectivity index is 1.39. The summed E-state index contributed by atoms with van der Waals surface area (Å²) in [4.78, 5) is 31.1. The van der Waals surface area contributed by atoms with E-state index in [2.05, 4.69) is 20.6 Å². The third kappa shape index (κ3) is 5.77. The normalized spacial score (nSPS) is 10.6. The average Bonchev–Trinajstić information content (AvgIpc) is 2.85. The molecule has 10 nitrogen and oxygen atoms in total. The van der Waals surface area contributed by atoms with E-state index in [0.29, 0.717) is 35.3 Å². The highest BCUT2D eigenvalue weighted by Crippen LogP contribution is 2.35. The summed E-state index contributed by atoms with van der Waals surface area (Å²) >= 11 is 0. The van der Waals surface area contributed by atoms with Crippen molar-refractivity contribution < 1.29 is 23.6 Å². The van der Waals surface area contributed by atoms with Crippen molar-refractivity contribution in [2.45, 2.75) is 6.42 Å². The minimum absolute atomic E-state index is 0.0820. The number of rotatable bonds is 8. The molecule has 0 spiro atoms. The number of aromatic nitrogens is 2. The van der Waals surface area contributed by atoms with Crippen LogP contribution in [0.5, 0.6) is 17.4 Å². The van der Waals surface area contributed by atoms with Gasteiger partial charge in [0.2, 0.25) is 5.88 Å². The molecule has 0 aliphatic rings. The number of nitro groups is 1. The second-order valence-electron chi connectivity index (χ2n) is 7.36. The van der Waals surface area contributed by atoms with Gasteiger partial charge in [0, 0.05) is 24.4 Å². The van der Waals surface area contributed by atoms with Gasteiger partial charge in [0.05, 0.1) is 22.9 Å². The van der Waals surface area contributed by atoms with Crippen LogP contribution in [0.4, 0.5) is 20.6 Å². The van der Waals surface area contributed by atoms with Crippen LogP contribution < -0.4 is 20.1 Å². The number of hydrogen-bond donors (Lipinski definition) is 2. The van der Waals surface area contributed by atoms with Gasteiger partial charge in [0.15, 0.2) is 5.75 Å². The molecule has 1 heterocycles. The minimum Gasteiger partial charge on any atom is -0.490 e. The standard InChI is InChI=1S/C24H20FN5O5/c1-34-22-13-20-19(12-21(22)30(32)33)23(28-14-27-20)35-18-8-6-17(7-9-18)29-24(31)26-11-10-15-2-4-16(25)5-3-15/h2-9,12-14H,10-11H2,1H3,(H2,26,29,31). The molecule has 0 unspecified atom stereocenters. The first-order chi connectivity index (χ1) is 16.9. The van der Waals surface area contributed by atoms with E-state index in [9.17, 15) is 19.3 Å². The Kier molecular flexibility index (Phi) is 6.96. The zero-order valence-electron chi connectivity index (χ0n) is 18.5. The number of ether oxygens (including phenoxy) is 2. The molecule has 4 aromatic rings. The van der Waals surface area contributed by atoms with Gasteiger partial charge >= 0.3 is 11.7 Å². The summed E-state index contributed by atoms with van der Waals surface area (Å²) in [5.74, 6) is 0.325. The Morgan fingerprint density at radius 1 is 1.09 bits per heavy atom. The summed E-state index contributed by atoms with van der Waals surface area (Å²) in [6.45, 7) is 0.385. The molecule has 0 bridgehead atoms. The van der Waals surface area contributed by atoms with Gasteiger partial charge in [-0.25, -0.2) is 19.2 Å². The van der Waals surface area contributed by atoms with Crippen LogP contribution in [-0.4, -0.2) is 34.6 Å². The molecule has 11 heteroatoms. The number of hydrogen-bond acceptors (Lipinski definition) is 7. The van der Waals surface area contributed by atoms with E-state index in [1.807, 2.05) is 0 Å². The minimum atomic E-state index is -0.555. The lowest BCUT2D eigenvalue weighted by atomic mass is 10.1. The number of anilines is 1. The Bertz CT molecular complexity index is 1360. The van der Waals surface area contributed by atoms with Crippen LogP contribution >= 0.6 is 0 Å². The van der Waals surface area contributed by atoms with Crippen LogP contribution in [0.15, 0.2) is 67.0 Å². The number of carbonyl (C=O) groups is 1. The lowest BCUT2D eigenvalue weighted by Gasteiger charge is -2.10. The second-order valence-corrected chi connectivity index (χ2v) is 7.36. The Hall–Kier alpha value is -4.80. The van der Waals surface area contributed by atoms with E-state index >= 15 is 0 Å². The highest BCUT2D eigenvalue weighted by Gasteiger charge is 2.19. The predicted octanol–water partition coefficient (Wildman–Crippen LogP) is 4.84. The smallest absolute Gasteiger partial charge is 0.319 e. The van der Waals surface area contributed by atoms with Crippen molar-refractivity contribution in [2.24, 2.45) is 0 Å². The number of benzene rings is 3. The maximum atomic E-state index is 12.9. The van der Waals surface area contributed by atoms with E-state index in [1.165, 1.54) is 37.7 Å². The molecule has 0 aliphatic carbocycles. The fourth-order valence-corrected chi connectivity index (χ4v) is 3.30. The van der Waals surface area contributed by atoms with Crippen LogP contribution in [0.1, 0.15) is 5.56 Å². The Labute approximate surface area is 198 Å². The number of nitrogens with one attached hydrogen (secondary N) is 2. The average molecular weight is 477 g/mol. The molecule has 0 aliphatic heterocycles. The van der Waals surface area contributed by atoms with E-state index in [4.69, 9.17) is 9.47 Å². The molecule has 3 aromatic carbocycles. The zero-order valence-corrected chi connectivity index (χ0v) is 18.5. The summed E-state index contributed by atoms with van der Waals surface area (Å²) in [5, 5.41) is 17.2. The Morgan fingerprint density at radius 2 is 1.83 bits per heavy atom. The molecular weight excluding hydrogens is 457 g/mol. The van der Waals surface area contributed by atoms with Crippen molar-refractivity contribution in [2.75, 3.05) is 19.0 Å². The molecule has 178 valence electrons. The summed E-state index contributed by atoms with van der Waals surface area (Å²) in [7, 11) is 1.34. The topological polar surface area (TPSA) is 129 Å². The molecule has 35 heavy (non-hydrogen) atoms. The molecule has 0 fully saturated rings. The van der Waals surface area contributed by atoms with Crippen molar-refractivity contribution in [3.63, 3.8) is 0 Å². The monoisotopic (exact) mass is 477 g/mol. The van der Waals surface area contributed by atoms with Crippen LogP contribution in [0.3, 0.4) is 0 Å². The zero-order chi connectivity index (χ0) is 24.8. The maximum Gasteiger partial charge on any atom is 0.319 e. The number of methoxy groups -OCH3 is 1. The fraction of sp³-hybridized carbons (Fsp3) is 0.125. The summed E-state index contributed by atoms with van der Waals surface area (Å²) < 4.78 is 23.8. The van der Waals surface area contributed by atoms with Gasteiger partial charge in [-0.2, -0.15) is 0 Å². The Morgan fingerprint density at radius 3 is 2.51 bits per heavy atom. The number of halogens is 1. The highest BCUT2D eigenvalue weighted by molar-refractivity contribution is 5.89. The van der Waals surface area contributed by atoms with E-state index in [1.54, 1.807) is 36.4 Å². The molecular formula is C24H20FN5O5. The quantitative estimate of drug-likeness (QED) is 0.274.